The average Bonchev–Trinajstić information content (AvgIpc) is 2.66. The molecule has 148 valence electrons. The van der Waals surface area contributed by atoms with E-state index in [0.717, 1.165) is 5.69 Å². The smallest absolute Gasteiger partial charge is 0.265 e. The van der Waals surface area contributed by atoms with Crippen molar-refractivity contribution in [3.05, 3.63) is 24.3 Å². The highest BCUT2D eigenvalue weighted by Gasteiger charge is 2.62. The quantitative estimate of drug-likeness (QED) is 0.704. The molecule has 3 N–H and O–H groups in total. The second-order valence-electron chi connectivity index (χ2n) is 7.75. The minimum absolute atomic E-state index is 0.000669. The minimum atomic E-state index is -0.922. The Labute approximate surface area is 160 Å². The summed E-state index contributed by atoms with van der Waals surface area (Å²) in [4.78, 5) is 26.5. The molecule has 2 atom stereocenters. The van der Waals surface area contributed by atoms with Crippen LogP contribution in [0.1, 0.15) is 33.6 Å². The molecule has 7 nitrogen and oxygen atoms in total. The average molecular weight is 375 g/mol. The zero-order valence-corrected chi connectivity index (χ0v) is 16.3. The maximum atomic E-state index is 12.6. The van der Waals surface area contributed by atoms with E-state index in [1.165, 1.54) is 0 Å². The van der Waals surface area contributed by atoms with Gasteiger partial charge in [0.1, 0.15) is 11.3 Å². The van der Waals surface area contributed by atoms with Gasteiger partial charge in [-0.05, 0) is 25.5 Å². The Morgan fingerprint density at radius 3 is 2.85 bits per heavy atom. The van der Waals surface area contributed by atoms with Crippen molar-refractivity contribution in [2.24, 2.45) is 11.1 Å². The Kier molecular flexibility index (Phi) is 5.44. The number of nitrogens with two attached hydrogens (primary N) is 1. The predicted octanol–water partition coefficient (Wildman–Crippen LogP) is 1.45. The van der Waals surface area contributed by atoms with Crippen molar-refractivity contribution >= 4 is 17.5 Å². The number of fused-ring (bicyclic) bond motifs is 1. The molecule has 0 saturated heterocycles. The summed E-state index contributed by atoms with van der Waals surface area (Å²) in [5.74, 6) is 0.479. The summed E-state index contributed by atoms with van der Waals surface area (Å²) in [7, 11) is 0. The number of nitrogens with one attached hydrogen (secondary N) is 1. The van der Waals surface area contributed by atoms with Crippen LogP contribution in [-0.2, 0) is 14.3 Å². The highest BCUT2D eigenvalue weighted by atomic mass is 16.5. The summed E-state index contributed by atoms with van der Waals surface area (Å²) >= 11 is 0. The number of hydrogen-bond acceptors (Lipinski definition) is 5. The first-order valence-electron chi connectivity index (χ1n) is 9.52. The molecule has 7 heteroatoms. The first kappa shape index (κ1) is 19.6. The molecule has 1 aromatic carbocycles. The molecular weight excluding hydrogens is 346 g/mol. The van der Waals surface area contributed by atoms with Crippen LogP contribution in [0, 0.1) is 5.41 Å². The van der Waals surface area contributed by atoms with Crippen LogP contribution in [0.2, 0.25) is 0 Å². The highest BCUT2D eigenvalue weighted by Crippen LogP contribution is 2.49. The normalized spacial score (nSPS) is 26.0. The Balaban J connectivity index is 1.51. The van der Waals surface area contributed by atoms with Gasteiger partial charge in [-0.1, -0.05) is 26.0 Å². The van der Waals surface area contributed by atoms with Crippen molar-refractivity contribution in [2.45, 2.75) is 45.3 Å². The molecule has 1 fully saturated rings. The SMILES string of the molecule is CCOC1CC(N)(C(=O)NCCCN2C(=O)COc3ccccc32)C1(C)C. The lowest BCUT2D eigenvalue weighted by atomic mass is 9.54. The Morgan fingerprint density at radius 2 is 2.15 bits per heavy atom. The van der Waals surface area contributed by atoms with Crippen LogP contribution in [0.25, 0.3) is 0 Å². The van der Waals surface area contributed by atoms with E-state index in [1.807, 2.05) is 45.0 Å². The summed E-state index contributed by atoms with van der Waals surface area (Å²) in [6, 6.07) is 7.47. The van der Waals surface area contributed by atoms with Crippen LogP contribution in [0.5, 0.6) is 5.75 Å². The van der Waals surface area contributed by atoms with Crippen LogP contribution in [0.4, 0.5) is 5.69 Å². The van der Waals surface area contributed by atoms with Crippen LogP contribution in [0.15, 0.2) is 24.3 Å². The lowest BCUT2D eigenvalue weighted by molar-refractivity contribution is -0.170. The topological polar surface area (TPSA) is 93.9 Å². The van der Waals surface area contributed by atoms with Gasteiger partial charge in [-0.2, -0.15) is 0 Å². The van der Waals surface area contributed by atoms with Crippen molar-refractivity contribution in [3.63, 3.8) is 0 Å². The van der Waals surface area contributed by atoms with Gasteiger partial charge in [0.2, 0.25) is 5.91 Å². The molecule has 2 amide bonds. The zero-order chi connectivity index (χ0) is 19.7. The van der Waals surface area contributed by atoms with Gasteiger partial charge in [-0.15, -0.1) is 0 Å². The van der Waals surface area contributed by atoms with Crippen LogP contribution < -0.4 is 20.7 Å². The van der Waals surface area contributed by atoms with Gasteiger partial charge in [0.25, 0.3) is 5.91 Å². The molecule has 1 saturated carbocycles. The number of anilines is 1. The molecule has 0 aromatic heterocycles. The fraction of sp³-hybridized carbons (Fsp3) is 0.600. The maximum absolute atomic E-state index is 12.6. The first-order valence-corrected chi connectivity index (χ1v) is 9.52. The molecule has 27 heavy (non-hydrogen) atoms. The number of benzene rings is 1. The van der Waals surface area contributed by atoms with Gasteiger partial charge in [0.05, 0.1) is 11.8 Å². The van der Waals surface area contributed by atoms with Crippen LogP contribution >= 0.6 is 0 Å². The predicted molar refractivity (Wildman–Crippen MR) is 103 cm³/mol. The second-order valence-corrected chi connectivity index (χ2v) is 7.75. The van der Waals surface area contributed by atoms with E-state index >= 15 is 0 Å². The number of rotatable bonds is 7. The molecule has 3 rings (SSSR count). The van der Waals surface area contributed by atoms with Crippen LogP contribution in [0.3, 0.4) is 0 Å². The van der Waals surface area contributed by atoms with Crippen molar-refractivity contribution in [1.29, 1.82) is 0 Å². The molecule has 1 aliphatic heterocycles. The summed E-state index contributed by atoms with van der Waals surface area (Å²) in [5, 5.41) is 2.93. The number of para-hydroxylation sites is 2. The number of nitrogens with zero attached hydrogens (tertiary/aromatic N) is 1. The third kappa shape index (κ3) is 3.41. The summed E-state index contributed by atoms with van der Waals surface area (Å²) in [6.45, 7) is 7.52. The lowest BCUT2D eigenvalue weighted by Gasteiger charge is -2.57. The Morgan fingerprint density at radius 1 is 1.41 bits per heavy atom. The highest BCUT2D eigenvalue weighted by molar-refractivity contribution is 5.97. The van der Waals surface area contributed by atoms with E-state index < -0.39 is 11.0 Å². The molecule has 1 aromatic rings. The fourth-order valence-electron chi connectivity index (χ4n) is 3.82. The first-order chi connectivity index (χ1) is 12.8. The Hall–Kier alpha value is -2.12. The lowest BCUT2D eigenvalue weighted by Crippen LogP contribution is -2.75. The molecule has 1 heterocycles. The van der Waals surface area contributed by atoms with E-state index in [0.29, 0.717) is 38.3 Å². The maximum Gasteiger partial charge on any atom is 0.265 e. The monoisotopic (exact) mass is 375 g/mol. The molecule has 0 radical (unpaired) electrons. The van der Waals surface area contributed by atoms with Gasteiger partial charge in [-0.25, -0.2) is 0 Å². The molecular formula is C20H29N3O4. The van der Waals surface area contributed by atoms with Crippen molar-refractivity contribution in [3.8, 4) is 5.75 Å². The summed E-state index contributed by atoms with van der Waals surface area (Å²) in [6.07, 6.45) is 1.16. The molecule has 2 aliphatic rings. The summed E-state index contributed by atoms with van der Waals surface area (Å²) < 4.78 is 11.1. The zero-order valence-electron chi connectivity index (χ0n) is 16.3. The molecule has 0 spiro atoms. The Bertz CT molecular complexity index is 721. The standard InChI is InChI=1S/C20H29N3O4/c1-4-26-16-12-20(21,19(16,2)3)18(25)22-10-7-11-23-14-8-5-6-9-15(14)27-13-17(23)24/h5-6,8-9,16H,4,7,10-13,21H2,1-3H3,(H,22,25). The largest absolute Gasteiger partial charge is 0.482 e. The number of amides is 2. The molecule has 0 bridgehead atoms. The van der Waals surface area contributed by atoms with E-state index in [1.54, 1.807) is 4.90 Å². The van der Waals surface area contributed by atoms with Gasteiger partial charge < -0.3 is 25.4 Å². The van der Waals surface area contributed by atoms with E-state index in [9.17, 15) is 9.59 Å². The van der Waals surface area contributed by atoms with Gasteiger partial charge in [0, 0.05) is 31.5 Å². The van der Waals surface area contributed by atoms with Gasteiger partial charge in [0.15, 0.2) is 6.61 Å². The number of carbonyl (C=O) groups excluding carboxylic acids is 2. The number of hydrogen-bond donors (Lipinski definition) is 2. The minimum Gasteiger partial charge on any atom is -0.482 e. The van der Waals surface area contributed by atoms with Crippen molar-refractivity contribution in [1.82, 2.24) is 5.32 Å². The summed E-state index contributed by atoms with van der Waals surface area (Å²) in [5.41, 5.74) is 5.82. The second kappa shape index (κ2) is 7.48. The number of ether oxygens (including phenoxy) is 2. The third-order valence-corrected chi connectivity index (χ3v) is 5.89. The van der Waals surface area contributed by atoms with E-state index in [2.05, 4.69) is 5.32 Å². The van der Waals surface area contributed by atoms with Gasteiger partial charge >= 0.3 is 0 Å². The van der Waals surface area contributed by atoms with Crippen molar-refractivity contribution in [2.75, 3.05) is 31.2 Å². The van der Waals surface area contributed by atoms with Crippen molar-refractivity contribution < 1.29 is 19.1 Å². The van der Waals surface area contributed by atoms with Gasteiger partial charge in [-0.3, -0.25) is 9.59 Å². The van der Waals surface area contributed by atoms with Crippen LogP contribution in [-0.4, -0.2) is 49.8 Å². The van der Waals surface area contributed by atoms with E-state index in [-0.39, 0.29) is 24.5 Å². The fourth-order valence-corrected chi connectivity index (χ4v) is 3.82. The number of carbonyl (C=O) groups is 2. The molecule has 2 unspecified atom stereocenters. The van der Waals surface area contributed by atoms with E-state index in [4.69, 9.17) is 15.2 Å². The molecule has 1 aliphatic carbocycles. The third-order valence-electron chi connectivity index (χ3n) is 5.89.